The summed E-state index contributed by atoms with van der Waals surface area (Å²) >= 11 is 3.12. The summed E-state index contributed by atoms with van der Waals surface area (Å²) < 4.78 is 37.6. The fourth-order valence-corrected chi connectivity index (χ4v) is 3.67. The first-order valence-electron chi connectivity index (χ1n) is 6.34. The molecule has 8 heteroatoms. The molecular formula is C13H17F3N2OS2. The van der Waals surface area contributed by atoms with E-state index in [9.17, 15) is 18.0 Å². The van der Waals surface area contributed by atoms with E-state index in [1.54, 1.807) is 23.5 Å². The number of hydrogen-bond donors (Lipinski definition) is 2. The molecule has 0 saturated carbocycles. The summed E-state index contributed by atoms with van der Waals surface area (Å²) in [6.07, 6.45) is -4.42. The maximum atomic E-state index is 12.6. The molecule has 1 rings (SSSR count). The predicted octanol–water partition coefficient (Wildman–Crippen LogP) is 4.62. The number of nitrogens with one attached hydrogen (secondary N) is 2. The molecule has 0 radical (unpaired) electrons. The molecule has 0 unspecified atom stereocenters. The fraction of sp³-hybridized carbons (Fsp3) is 0.462. The van der Waals surface area contributed by atoms with E-state index < -0.39 is 17.8 Å². The maximum absolute atomic E-state index is 12.6. The molecule has 0 aromatic heterocycles. The monoisotopic (exact) mass is 338 g/mol. The van der Waals surface area contributed by atoms with Gasteiger partial charge in [0.2, 0.25) is 0 Å². The zero-order valence-electron chi connectivity index (χ0n) is 11.7. The lowest BCUT2D eigenvalue weighted by atomic mass is 10.2. The van der Waals surface area contributed by atoms with Crippen molar-refractivity contribution in [2.24, 2.45) is 0 Å². The largest absolute Gasteiger partial charge is 0.416 e. The molecule has 0 atom stereocenters. The Kier molecular flexibility index (Phi) is 7.24. The Bertz CT molecular complexity index is 463. The van der Waals surface area contributed by atoms with Crippen LogP contribution in [0.25, 0.3) is 0 Å². The standard InChI is InChI=1S/C13H17F3N2OS2/c1-3-20-12(21-4-2)18-11(19)17-10-7-5-6-9(8-10)13(14,15)16/h5-8,12H,3-4H2,1-2H3,(H2,17,18,19). The third-order valence-corrected chi connectivity index (χ3v) is 4.66. The van der Waals surface area contributed by atoms with Crippen LogP contribution in [0.1, 0.15) is 19.4 Å². The van der Waals surface area contributed by atoms with Gasteiger partial charge in [0.05, 0.1) is 5.56 Å². The zero-order valence-corrected chi connectivity index (χ0v) is 13.3. The Hall–Kier alpha value is -1.02. The van der Waals surface area contributed by atoms with Crippen LogP contribution in [0.2, 0.25) is 0 Å². The van der Waals surface area contributed by atoms with Crippen LogP contribution in [0.15, 0.2) is 24.3 Å². The van der Waals surface area contributed by atoms with Crippen molar-refractivity contribution >= 4 is 35.2 Å². The minimum absolute atomic E-state index is 0.115. The van der Waals surface area contributed by atoms with E-state index in [1.165, 1.54) is 12.1 Å². The number of thioether (sulfide) groups is 2. The van der Waals surface area contributed by atoms with Crippen LogP contribution in [0.5, 0.6) is 0 Å². The number of hydrogen-bond acceptors (Lipinski definition) is 3. The Balaban J connectivity index is 2.66. The highest BCUT2D eigenvalue weighted by Gasteiger charge is 2.30. The molecule has 1 aromatic rings. The summed E-state index contributed by atoms with van der Waals surface area (Å²) in [5, 5.41) is 5.15. The molecule has 0 bridgehead atoms. The quantitative estimate of drug-likeness (QED) is 0.744. The summed E-state index contributed by atoms with van der Waals surface area (Å²) in [5.41, 5.74) is -0.674. The van der Waals surface area contributed by atoms with Gasteiger partial charge in [0.1, 0.15) is 4.71 Å². The van der Waals surface area contributed by atoms with Crippen molar-refractivity contribution in [1.82, 2.24) is 5.32 Å². The van der Waals surface area contributed by atoms with Gasteiger partial charge in [-0.3, -0.25) is 0 Å². The van der Waals surface area contributed by atoms with Crippen molar-refractivity contribution in [3.8, 4) is 0 Å². The molecule has 1 aromatic carbocycles. The highest BCUT2D eigenvalue weighted by Crippen LogP contribution is 2.30. The number of carbonyl (C=O) groups excluding carboxylic acids is 1. The van der Waals surface area contributed by atoms with Gasteiger partial charge >= 0.3 is 12.2 Å². The molecule has 118 valence electrons. The van der Waals surface area contributed by atoms with Crippen LogP contribution in [0.4, 0.5) is 23.7 Å². The SMILES string of the molecule is CCSC(NC(=O)Nc1cccc(C(F)(F)F)c1)SCC. The van der Waals surface area contributed by atoms with Crippen molar-refractivity contribution < 1.29 is 18.0 Å². The Morgan fingerprint density at radius 2 is 1.86 bits per heavy atom. The van der Waals surface area contributed by atoms with Gasteiger partial charge in [-0.05, 0) is 29.7 Å². The Morgan fingerprint density at radius 3 is 2.38 bits per heavy atom. The fourth-order valence-electron chi connectivity index (χ4n) is 1.48. The lowest BCUT2D eigenvalue weighted by Crippen LogP contribution is -2.34. The molecule has 0 fully saturated rings. The summed E-state index contributed by atoms with van der Waals surface area (Å²) in [7, 11) is 0. The first-order chi connectivity index (χ1) is 9.86. The number of amides is 2. The summed E-state index contributed by atoms with van der Waals surface area (Å²) in [6.45, 7) is 3.94. The number of urea groups is 1. The van der Waals surface area contributed by atoms with E-state index >= 15 is 0 Å². The van der Waals surface area contributed by atoms with Gasteiger partial charge in [-0.25, -0.2) is 4.79 Å². The van der Waals surface area contributed by atoms with Crippen molar-refractivity contribution in [2.75, 3.05) is 16.8 Å². The molecule has 2 amide bonds. The van der Waals surface area contributed by atoms with Crippen LogP contribution in [0, 0.1) is 0 Å². The van der Waals surface area contributed by atoms with Gasteiger partial charge < -0.3 is 10.6 Å². The van der Waals surface area contributed by atoms with Gasteiger partial charge in [-0.1, -0.05) is 19.9 Å². The second-order valence-electron chi connectivity index (χ2n) is 3.92. The maximum Gasteiger partial charge on any atom is 0.416 e. The van der Waals surface area contributed by atoms with Crippen molar-refractivity contribution in [3.05, 3.63) is 29.8 Å². The first kappa shape index (κ1) is 18.0. The zero-order chi connectivity index (χ0) is 15.9. The highest BCUT2D eigenvalue weighted by atomic mass is 32.2. The predicted molar refractivity (Wildman–Crippen MR) is 83.7 cm³/mol. The van der Waals surface area contributed by atoms with Crippen LogP contribution < -0.4 is 10.6 Å². The van der Waals surface area contributed by atoms with Crippen molar-refractivity contribution in [1.29, 1.82) is 0 Å². The summed E-state index contributed by atoms with van der Waals surface area (Å²) in [4.78, 5) is 11.8. The second kappa shape index (κ2) is 8.43. The smallest absolute Gasteiger partial charge is 0.317 e. The van der Waals surface area contributed by atoms with Crippen molar-refractivity contribution in [3.63, 3.8) is 0 Å². The molecule has 0 heterocycles. The van der Waals surface area contributed by atoms with E-state index in [-0.39, 0.29) is 10.4 Å². The average molecular weight is 338 g/mol. The highest BCUT2D eigenvalue weighted by molar-refractivity contribution is 8.16. The van der Waals surface area contributed by atoms with E-state index in [0.717, 1.165) is 23.6 Å². The van der Waals surface area contributed by atoms with Crippen LogP contribution in [0.3, 0.4) is 0 Å². The Labute approximate surface area is 130 Å². The number of benzene rings is 1. The number of carbonyl (C=O) groups is 1. The van der Waals surface area contributed by atoms with Crippen LogP contribution in [-0.4, -0.2) is 22.2 Å². The normalized spacial score (nSPS) is 11.5. The number of halogens is 3. The van der Waals surface area contributed by atoms with Gasteiger partial charge in [-0.2, -0.15) is 13.2 Å². The Morgan fingerprint density at radius 1 is 1.24 bits per heavy atom. The average Bonchev–Trinajstić information content (AvgIpc) is 2.38. The van der Waals surface area contributed by atoms with E-state index in [2.05, 4.69) is 10.6 Å². The molecule has 0 aliphatic heterocycles. The molecule has 0 spiro atoms. The van der Waals surface area contributed by atoms with E-state index in [4.69, 9.17) is 0 Å². The third kappa shape index (κ3) is 6.52. The van der Waals surface area contributed by atoms with Crippen molar-refractivity contribution in [2.45, 2.75) is 24.7 Å². The summed E-state index contributed by atoms with van der Waals surface area (Å²) in [6, 6.07) is 4.04. The molecule has 0 saturated heterocycles. The number of alkyl halides is 3. The lowest BCUT2D eigenvalue weighted by Gasteiger charge is -2.17. The number of rotatable bonds is 6. The number of anilines is 1. The molecule has 3 nitrogen and oxygen atoms in total. The van der Waals surface area contributed by atoms with E-state index in [1.807, 2.05) is 13.8 Å². The minimum atomic E-state index is -4.42. The van der Waals surface area contributed by atoms with Gasteiger partial charge in [0, 0.05) is 5.69 Å². The molecule has 21 heavy (non-hydrogen) atoms. The molecule has 0 aliphatic carbocycles. The topological polar surface area (TPSA) is 41.1 Å². The third-order valence-electron chi connectivity index (χ3n) is 2.33. The van der Waals surface area contributed by atoms with E-state index in [0.29, 0.717) is 0 Å². The second-order valence-corrected chi connectivity index (χ2v) is 6.98. The van der Waals surface area contributed by atoms with Gasteiger partial charge in [0.25, 0.3) is 0 Å². The molecule has 2 N–H and O–H groups in total. The minimum Gasteiger partial charge on any atom is -0.317 e. The first-order valence-corrected chi connectivity index (χ1v) is 8.44. The molecular weight excluding hydrogens is 321 g/mol. The lowest BCUT2D eigenvalue weighted by molar-refractivity contribution is -0.137. The van der Waals surface area contributed by atoms with Gasteiger partial charge in [0.15, 0.2) is 0 Å². The van der Waals surface area contributed by atoms with Gasteiger partial charge in [-0.15, -0.1) is 23.5 Å². The van der Waals surface area contributed by atoms with Crippen LogP contribution in [-0.2, 0) is 6.18 Å². The van der Waals surface area contributed by atoms with Crippen LogP contribution >= 0.6 is 23.5 Å². The molecule has 0 aliphatic rings. The summed E-state index contributed by atoms with van der Waals surface area (Å²) in [5.74, 6) is 1.67.